The van der Waals surface area contributed by atoms with Crippen LogP contribution in [0.15, 0.2) is 78.9 Å². The topological polar surface area (TPSA) is 114 Å². The predicted molar refractivity (Wildman–Crippen MR) is 161 cm³/mol. The molecule has 0 spiro atoms. The minimum absolute atomic E-state index is 0.0963. The molecule has 0 saturated heterocycles. The zero-order valence-electron chi connectivity index (χ0n) is 24.6. The summed E-state index contributed by atoms with van der Waals surface area (Å²) in [6.45, 7) is 7.97. The maximum atomic E-state index is 13.5. The fraction of sp³-hybridized carbons (Fsp3) is 0.382. The molecule has 3 aromatic rings. The fourth-order valence-electron chi connectivity index (χ4n) is 5.48. The van der Waals surface area contributed by atoms with Crippen molar-refractivity contribution in [2.45, 2.75) is 71.2 Å². The molecule has 1 aliphatic rings. The Morgan fingerprint density at radius 2 is 1.43 bits per heavy atom. The van der Waals surface area contributed by atoms with E-state index in [0.29, 0.717) is 6.42 Å². The Hall–Kier alpha value is -4.17. The van der Waals surface area contributed by atoms with Crippen molar-refractivity contribution < 1.29 is 29.0 Å². The maximum Gasteiger partial charge on any atom is 0.407 e. The first kappa shape index (κ1) is 30.8. The molecule has 2 amide bonds. The number of ether oxygens (including phenoxy) is 2. The molecule has 1 unspecified atom stereocenters. The molecule has 0 heterocycles. The van der Waals surface area contributed by atoms with Crippen LogP contribution in [0.5, 0.6) is 0 Å². The van der Waals surface area contributed by atoms with Gasteiger partial charge < -0.3 is 25.2 Å². The number of aliphatic carboxylic acids is 1. The third kappa shape index (κ3) is 8.19. The predicted octanol–water partition coefficient (Wildman–Crippen LogP) is 5.89. The molecule has 42 heavy (non-hydrogen) atoms. The lowest BCUT2D eigenvalue weighted by Gasteiger charge is -2.29. The molecular weight excluding hydrogens is 532 g/mol. The van der Waals surface area contributed by atoms with E-state index in [1.165, 1.54) is 0 Å². The molecule has 3 N–H and O–H groups in total. The second-order valence-electron chi connectivity index (χ2n) is 12.0. The molecule has 4 rings (SSSR count). The summed E-state index contributed by atoms with van der Waals surface area (Å²) in [5.74, 6) is -1.67. The number of carboxylic acids is 1. The zero-order valence-corrected chi connectivity index (χ0v) is 24.6. The summed E-state index contributed by atoms with van der Waals surface area (Å²) >= 11 is 0. The molecule has 222 valence electrons. The van der Waals surface area contributed by atoms with Gasteiger partial charge in [-0.25, -0.2) is 4.79 Å². The van der Waals surface area contributed by atoms with Crippen LogP contribution in [0.2, 0.25) is 0 Å². The molecule has 0 radical (unpaired) electrons. The summed E-state index contributed by atoms with van der Waals surface area (Å²) in [6, 6.07) is 23.9. The minimum Gasteiger partial charge on any atom is -0.481 e. The van der Waals surface area contributed by atoms with Crippen LogP contribution in [0.25, 0.3) is 11.1 Å². The molecule has 3 atom stereocenters. The Labute approximate surface area is 247 Å². The van der Waals surface area contributed by atoms with Crippen LogP contribution in [0.4, 0.5) is 4.79 Å². The standard InChI is InChI=1S/C34H40N2O6/c1-22(41-20-23-12-6-5-7-13-23)31(32(39)35-24(18-30(37)38)19-34(2,3)4)36-33(40)42-21-29-27-16-10-8-14-25(27)26-15-9-11-17-28(26)29/h5-17,22,24,29,31H,18-21H2,1-4H3,(H,35,39)(H,36,40)(H,37,38)/t22-,24?,31+/m0/s1. The number of amides is 2. The Morgan fingerprint density at radius 1 is 0.857 bits per heavy atom. The number of alkyl carbamates (subject to hydrolysis) is 1. The van der Waals surface area contributed by atoms with E-state index in [4.69, 9.17) is 9.47 Å². The molecule has 0 bridgehead atoms. The number of nitrogens with one attached hydrogen (secondary N) is 2. The number of benzene rings is 3. The third-order valence-electron chi connectivity index (χ3n) is 7.35. The third-order valence-corrected chi connectivity index (χ3v) is 7.35. The van der Waals surface area contributed by atoms with Gasteiger partial charge in [-0.1, -0.05) is 99.6 Å². The van der Waals surface area contributed by atoms with E-state index in [2.05, 4.69) is 22.8 Å². The second-order valence-corrected chi connectivity index (χ2v) is 12.0. The molecule has 0 fully saturated rings. The number of hydrogen-bond acceptors (Lipinski definition) is 5. The monoisotopic (exact) mass is 572 g/mol. The fourth-order valence-corrected chi connectivity index (χ4v) is 5.48. The zero-order chi connectivity index (χ0) is 30.3. The van der Waals surface area contributed by atoms with E-state index >= 15 is 0 Å². The Kier molecular flexibility index (Phi) is 10.0. The van der Waals surface area contributed by atoms with E-state index in [0.717, 1.165) is 27.8 Å². The van der Waals surface area contributed by atoms with Crippen molar-refractivity contribution in [3.8, 4) is 11.1 Å². The summed E-state index contributed by atoms with van der Waals surface area (Å²) < 4.78 is 11.7. The first-order valence-electron chi connectivity index (χ1n) is 14.3. The first-order chi connectivity index (χ1) is 20.0. The lowest BCUT2D eigenvalue weighted by molar-refractivity contribution is -0.138. The van der Waals surface area contributed by atoms with Gasteiger partial charge in [0.1, 0.15) is 12.6 Å². The van der Waals surface area contributed by atoms with Gasteiger partial charge in [0.05, 0.1) is 19.1 Å². The number of fused-ring (bicyclic) bond motifs is 3. The van der Waals surface area contributed by atoms with E-state index < -0.39 is 36.2 Å². The van der Waals surface area contributed by atoms with Crippen molar-refractivity contribution in [1.82, 2.24) is 10.6 Å². The van der Waals surface area contributed by atoms with Gasteiger partial charge in [-0.2, -0.15) is 0 Å². The van der Waals surface area contributed by atoms with Crippen molar-refractivity contribution in [2.75, 3.05) is 6.61 Å². The van der Waals surface area contributed by atoms with Crippen molar-refractivity contribution in [3.63, 3.8) is 0 Å². The number of carbonyl (C=O) groups excluding carboxylic acids is 2. The lowest BCUT2D eigenvalue weighted by atomic mass is 9.87. The molecule has 0 saturated carbocycles. The van der Waals surface area contributed by atoms with Gasteiger partial charge >= 0.3 is 12.1 Å². The van der Waals surface area contributed by atoms with Crippen LogP contribution in [-0.4, -0.2) is 47.9 Å². The van der Waals surface area contributed by atoms with Gasteiger partial charge in [-0.3, -0.25) is 9.59 Å². The number of hydrogen-bond donors (Lipinski definition) is 3. The highest BCUT2D eigenvalue weighted by Gasteiger charge is 2.33. The SMILES string of the molecule is C[C@H](OCc1ccccc1)[C@@H](NC(=O)OCC1c2ccccc2-c2ccccc21)C(=O)NC(CC(=O)O)CC(C)(C)C. The van der Waals surface area contributed by atoms with Crippen LogP contribution in [0.3, 0.4) is 0 Å². The lowest BCUT2D eigenvalue weighted by Crippen LogP contribution is -2.55. The van der Waals surface area contributed by atoms with Crippen LogP contribution >= 0.6 is 0 Å². The van der Waals surface area contributed by atoms with Gasteiger partial charge in [0.2, 0.25) is 5.91 Å². The van der Waals surface area contributed by atoms with Crippen LogP contribution in [0.1, 0.15) is 63.1 Å². The molecule has 8 nitrogen and oxygen atoms in total. The van der Waals surface area contributed by atoms with Crippen molar-refractivity contribution in [2.24, 2.45) is 5.41 Å². The highest BCUT2D eigenvalue weighted by Crippen LogP contribution is 2.44. The molecule has 3 aromatic carbocycles. The van der Waals surface area contributed by atoms with Crippen molar-refractivity contribution in [1.29, 1.82) is 0 Å². The summed E-state index contributed by atoms with van der Waals surface area (Å²) in [5.41, 5.74) is 5.09. The first-order valence-corrected chi connectivity index (χ1v) is 14.3. The largest absolute Gasteiger partial charge is 0.481 e. The highest BCUT2D eigenvalue weighted by atomic mass is 16.5. The number of carboxylic acid groups (broad SMARTS) is 1. The van der Waals surface area contributed by atoms with Gasteiger partial charge in [-0.15, -0.1) is 0 Å². The minimum atomic E-state index is -1.11. The van der Waals surface area contributed by atoms with Gasteiger partial charge in [-0.05, 0) is 46.6 Å². The molecule has 8 heteroatoms. The van der Waals surface area contributed by atoms with Gasteiger partial charge in [0.25, 0.3) is 0 Å². The molecule has 1 aliphatic carbocycles. The maximum absolute atomic E-state index is 13.5. The molecular formula is C34H40N2O6. The Morgan fingerprint density at radius 3 is 2.00 bits per heavy atom. The van der Waals surface area contributed by atoms with E-state index in [9.17, 15) is 19.5 Å². The average Bonchev–Trinajstić information content (AvgIpc) is 3.26. The summed E-state index contributed by atoms with van der Waals surface area (Å²) in [4.78, 5) is 38.2. The van der Waals surface area contributed by atoms with Crippen molar-refractivity contribution >= 4 is 18.0 Å². The normalized spacial score (nSPS) is 14.7. The van der Waals surface area contributed by atoms with Crippen LogP contribution in [-0.2, 0) is 25.7 Å². The van der Waals surface area contributed by atoms with Gasteiger partial charge in [0.15, 0.2) is 0 Å². The highest BCUT2D eigenvalue weighted by molar-refractivity contribution is 5.87. The Bertz CT molecular complexity index is 1340. The Balaban J connectivity index is 1.47. The van der Waals surface area contributed by atoms with Crippen molar-refractivity contribution in [3.05, 3.63) is 95.6 Å². The van der Waals surface area contributed by atoms with Crippen LogP contribution in [0, 0.1) is 5.41 Å². The van der Waals surface area contributed by atoms with E-state index in [1.54, 1.807) is 6.92 Å². The van der Waals surface area contributed by atoms with Crippen LogP contribution < -0.4 is 10.6 Å². The summed E-state index contributed by atoms with van der Waals surface area (Å²) in [6.07, 6.45) is -1.27. The summed E-state index contributed by atoms with van der Waals surface area (Å²) in [7, 11) is 0. The smallest absolute Gasteiger partial charge is 0.407 e. The number of rotatable bonds is 12. The van der Waals surface area contributed by atoms with E-state index in [-0.39, 0.29) is 31.0 Å². The van der Waals surface area contributed by atoms with E-state index in [1.807, 2.05) is 87.5 Å². The average molecular weight is 573 g/mol. The molecule has 0 aliphatic heterocycles. The quantitative estimate of drug-likeness (QED) is 0.249. The van der Waals surface area contributed by atoms with Gasteiger partial charge in [0, 0.05) is 12.0 Å². The summed E-state index contributed by atoms with van der Waals surface area (Å²) in [5, 5.41) is 15.0. The second kappa shape index (κ2) is 13.7. The molecule has 0 aromatic heterocycles. The number of carbonyl (C=O) groups is 3.